The van der Waals surface area contributed by atoms with Crippen molar-refractivity contribution in [2.75, 3.05) is 0 Å². The zero-order valence-electron chi connectivity index (χ0n) is 18.1. The summed E-state index contributed by atoms with van der Waals surface area (Å²) in [4.78, 5) is 26.6. The molecule has 2 heterocycles. The molecule has 0 amide bonds. The number of hydrogen-bond donors (Lipinski definition) is 4. The van der Waals surface area contributed by atoms with E-state index >= 15 is 0 Å². The second-order valence-corrected chi connectivity index (χ2v) is 8.50. The first-order valence-corrected chi connectivity index (χ1v) is 10.3. The van der Waals surface area contributed by atoms with Crippen LogP contribution in [0.4, 0.5) is 0 Å². The Labute approximate surface area is 186 Å². The number of carboxylic acids is 1. The van der Waals surface area contributed by atoms with Crippen LogP contribution in [0.1, 0.15) is 60.3 Å². The summed E-state index contributed by atoms with van der Waals surface area (Å²) in [5.74, 6) is -1.65. The van der Waals surface area contributed by atoms with E-state index in [1.807, 2.05) is 13.1 Å². The van der Waals surface area contributed by atoms with Crippen LogP contribution in [0.2, 0.25) is 0 Å². The number of benzene rings is 1. The van der Waals surface area contributed by atoms with Gasteiger partial charge in [-0.1, -0.05) is 20.8 Å². The number of carboxylic acid groups (broad SMARTS) is 1. The maximum Gasteiger partial charge on any atom is 0.345 e. The van der Waals surface area contributed by atoms with Crippen molar-refractivity contribution in [1.82, 2.24) is 14.9 Å². The first-order chi connectivity index (χ1) is 14.2. The lowest BCUT2D eigenvalue weighted by Gasteiger charge is -2.15. The second kappa shape index (κ2) is 8.40. The molecular formula is C23H28ClN3O4. The Morgan fingerprint density at radius 2 is 2.03 bits per heavy atom. The zero-order chi connectivity index (χ0) is 21.7. The summed E-state index contributed by atoms with van der Waals surface area (Å²) in [6, 6.07) is 6.70. The topological polar surface area (TPSA) is 107 Å². The van der Waals surface area contributed by atoms with Crippen molar-refractivity contribution in [3.8, 4) is 17.0 Å². The van der Waals surface area contributed by atoms with Crippen molar-refractivity contribution in [1.29, 1.82) is 0 Å². The molecule has 1 aliphatic rings. The minimum atomic E-state index is -1.42. The largest absolute Gasteiger partial charge is 0.506 e. The van der Waals surface area contributed by atoms with Crippen molar-refractivity contribution in [2.24, 2.45) is 7.05 Å². The average Bonchev–Trinajstić information content (AvgIpc) is 2.91. The summed E-state index contributed by atoms with van der Waals surface area (Å²) in [6.45, 7) is 7.09. The Morgan fingerprint density at radius 3 is 2.68 bits per heavy atom. The predicted molar refractivity (Wildman–Crippen MR) is 124 cm³/mol. The first kappa shape index (κ1) is 22.9. The van der Waals surface area contributed by atoms with Crippen molar-refractivity contribution in [3.05, 3.63) is 50.9 Å². The predicted octanol–water partition coefficient (Wildman–Crippen LogP) is 3.91. The molecule has 0 radical (unpaired) electrons. The Bertz CT molecular complexity index is 1230. The van der Waals surface area contributed by atoms with Gasteiger partial charge in [-0.25, -0.2) is 4.79 Å². The van der Waals surface area contributed by atoms with Gasteiger partial charge in [0, 0.05) is 47.4 Å². The number of rotatable bonds is 4. The van der Waals surface area contributed by atoms with Gasteiger partial charge >= 0.3 is 5.97 Å². The van der Waals surface area contributed by atoms with Gasteiger partial charge in [-0.05, 0) is 42.5 Å². The smallest absolute Gasteiger partial charge is 0.345 e. The lowest BCUT2D eigenvalue weighted by atomic mass is 9.92. The molecule has 7 nitrogen and oxygen atoms in total. The zero-order valence-corrected chi connectivity index (χ0v) is 18.9. The van der Waals surface area contributed by atoms with Crippen LogP contribution in [0.25, 0.3) is 22.2 Å². The number of fused-ring (bicyclic) bond motifs is 4. The molecule has 31 heavy (non-hydrogen) atoms. The highest BCUT2D eigenvalue weighted by molar-refractivity contribution is 5.93. The fourth-order valence-electron chi connectivity index (χ4n) is 4.38. The van der Waals surface area contributed by atoms with Crippen molar-refractivity contribution in [2.45, 2.75) is 52.1 Å². The van der Waals surface area contributed by atoms with Crippen LogP contribution in [-0.4, -0.2) is 31.8 Å². The standard InChI is InChI=1S/C23H27N3O4.ClH/c1-11(2)24-10-14-7-13-8-17-16(9-18(13)26(14)4)12(3)5-6-15-20(17)25-22(28)19(21(15)27)23(29)30;/h7-9,11-12,24H,5-6,10H2,1-4H3,(H,29,30)(H2,25,27,28);1H. The van der Waals surface area contributed by atoms with Crippen LogP contribution in [0.15, 0.2) is 23.0 Å². The quantitative estimate of drug-likeness (QED) is 0.487. The number of H-pyrrole nitrogens is 1. The molecule has 1 aliphatic carbocycles. The van der Waals surface area contributed by atoms with Gasteiger partial charge in [0.15, 0.2) is 5.56 Å². The summed E-state index contributed by atoms with van der Waals surface area (Å²) < 4.78 is 2.18. The van der Waals surface area contributed by atoms with Gasteiger partial charge in [0.1, 0.15) is 5.75 Å². The van der Waals surface area contributed by atoms with E-state index in [4.69, 9.17) is 0 Å². The Morgan fingerprint density at radius 1 is 1.32 bits per heavy atom. The summed E-state index contributed by atoms with van der Waals surface area (Å²) >= 11 is 0. The average molecular weight is 446 g/mol. The number of carbonyl (C=O) groups is 1. The normalized spacial score (nSPS) is 15.3. The third-order valence-corrected chi connectivity index (χ3v) is 6.14. The third kappa shape index (κ3) is 3.83. The molecular weight excluding hydrogens is 418 g/mol. The van der Waals surface area contributed by atoms with Gasteiger partial charge < -0.3 is 25.1 Å². The Balaban J connectivity index is 0.00000272. The van der Waals surface area contributed by atoms with E-state index in [-0.39, 0.29) is 18.3 Å². The maximum absolute atomic E-state index is 12.4. The molecule has 2 aromatic heterocycles. The Hall–Kier alpha value is -2.77. The molecule has 0 fully saturated rings. The third-order valence-electron chi connectivity index (χ3n) is 6.14. The fourth-order valence-corrected chi connectivity index (χ4v) is 4.38. The van der Waals surface area contributed by atoms with Gasteiger partial charge in [-0.2, -0.15) is 0 Å². The minimum Gasteiger partial charge on any atom is -0.506 e. The Kier molecular flexibility index (Phi) is 6.21. The van der Waals surface area contributed by atoms with E-state index in [9.17, 15) is 19.8 Å². The number of aromatic carboxylic acids is 1. The van der Waals surface area contributed by atoms with E-state index in [0.29, 0.717) is 23.7 Å². The van der Waals surface area contributed by atoms with Crippen LogP contribution in [0.5, 0.6) is 5.75 Å². The fraction of sp³-hybridized carbons (Fsp3) is 0.391. The highest BCUT2D eigenvalue weighted by Gasteiger charge is 2.28. The molecule has 0 saturated carbocycles. The SMILES string of the molecule is CC(C)NCc1cc2cc3c(cc2n1C)C(C)CCc1c-3[nH]c(=O)c(C(=O)O)c1O.Cl. The number of pyridine rings is 1. The van der Waals surface area contributed by atoms with Crippen LogP contribution < -0.4 is 10.9 Å². The number of aromatic nitrogens is 2. The molecule has 1 atom stereocenters. The molecule has 1 unspecified atom stereocenters. The summed E-state index contributed by atoms with van der Waals surface area (Å²) in [7, 11) is 2.05. The van der Waals surface area contributed by atoms with Crippen LogP contribution in [0.3, 0.4) is 0 Å². The monoisotopic (exact) mass is 445 g/mol. The van der Waals surface area contributed by atoms with Gasteiger partial charge in [-0.15, -0.1) is 12.4 Å². The first-order valence-electron chi connectivity index (χ1n) is 10.3. The maximum atomic E-state index is 12.4. The van der Waals surface area contributed by atoms with Gasteiger partial charge in [0.2, 0.25) is 0 Å². The number of aromatic amines is 1. The molecule has 8 heteroatoms. The van der Waals surface area contributed by atoms with E-state index in [2.05, 4.69) is 47.8 Å². The number of aromatic hydroxyl groups is 1. The highest BCUT2D eigenvalue weighted by atomic mass is 35.5. The molecule has 0 saturated heterocycles. The molecule has 1 aromatic carbocycles. The van der Waals surface area contributed by atoms with Crippen LogP contribution in [0, 0.1) is 0 Å². The number of aryl methyl sites for hydroxylation is 1. The lowest BCUT2D eigenvalue weighted by Crippen LogP contribution is -2.22. The molecule has 3 aromatic rings. The molecule has 0 spiro atoms. The van der Waals surface area contributed by atoms with E-state index in [1.54, 1.807) is 0 Å². The van der Waals surface area contributed by atoms with Gasteiger partial charge in [0.25, 0.3) is 5.56 Å². The molecule has 0 bridgehead atoms. The lowest BCUT2D eigenvalue weighted by molar-refractivity contribution is 0.0691. The van der Waals surface area contributed by atoms with Crippen molar-refractivity contribution in [3.63, 3.8) is 0 Å². The van der Waals surface area contributed by atoms with Crippen LogP contribution in [-0.2, 0) is 20.0 Å². The van der Waals surface area contributed by atoms with E-state index < -0.39 is 22.8 Å². The molecule has 166 valence electrons. The number of nitrogens with one attached hydrogen (secondary N) is 2. The summed E-state index contributed by atoms with van der Waals surface area (Å²) in [6.07, 6.45) is 1.24. The summed E-state index contributed by atoms with van der Waals surface area (Å²) in [5.41, 5.74) is 3.85. The number of halogens is 1. The number of hydrogen-bond acceptors (Lipinski definition) is 4. The van der Waals surface area contributed by atoms with Gasteiger partial charge in [0.05, 0.1) is 5.69 Å². The van der Waals surface area contributed by atoms with Gasteiger partial charge in [-0.3, -0.25) is 4.79 Å². The minimum absolute atomic E-state index is 0. The molecule has 4 rings (SSSR count). The van der Waals surface area contributed by atoms with Crippen molar-refractivity contribution >= 4 is 29.3 Å². The number of nitrogens with zero attached hydrogens (tertiary/aromatic N) is 1. The second-order valence-electron chi connectivity index (χ2n) is 8.50. The summed E-state index contributed by atoms with van der Waals surface area (Å²) in [5, 5.41) is 24.4. The van der Waals surface area contributed by atoms with E-state index in [0.717, 1.165) is 40.7 Å². The molecule has 0 aliphatic heterocycles. The highest BCUT2D eigenvalue weighted by Crippen LogP contribution is 2.42. The molecule has 4 N–H and O–H groups in total. The van der Waals surface area contributed by atoms with Crippen LogP contribution >= 0.6 is 12.4 Å². The van der Waals surface area contributed by atoms with E-state index in [1.165, 1.54) is 0 Å². The van der Waals surface area contributed by atoms with Crippen molar-refractivity contribution < 1.29 is 15.0 Å².